The first kappa shape index (κ1) is 17.0. The van der Waals surface area contributed by atoms with Crippen LogP contribution in [0.3, 0.4) is 0 Å². The topological polar surface area (TPSA) is 59.9 Å². The Morgan fingerprint density at radius 1 is 1.17 bits per heavy atom. The van der Waals surface area contributed by atoms with Gasteiger partial charge in [0.05, 0.1) is 31.3 Å². The molecule has 6 heteroatoms. The first-order valence-electron chi connectivity index (χ1n) is 6.90. The molecule has 1 N–H and O–H groups in total. The maximum absolute atomic E-state index is 11.9. The second-order valence-electron chi connectivity index (χ2n) is 4.71. The van der Waals surface area contributed by atoms with Crippen molar-refractivity contribution in [3.05, 3.63) is 58.1 Å². The number of methoxy groups -OCH3 is 2. The summed E-state index contributed by atoms with van der Waals surface area (Å²) in [6.45, 7) is 0. The number of hydrogen-bond acceptors (Lipinski definition) is 4. The van der Waals surface area contributed by atoms with E-state index in [1.807, 2.05) is 42.5 Å². The molecule has 0 aromatic heterocycles. The summed E-state index contributed by atoms with van der Waals surface area (Å²) < 4.78 is 11.0. The van der Waals surface area contributed by atoms with Crippen LogP contribution in [0, 0.1) is 0 Å². The van der Waals surface area contributed by atoms with Gasteiger partial charge in [-0.1, -0.05) is 6.07 Å². The predicted octanol–water partition coefficient (Wildman–Crippen LogP) is 3.16. The minimum Gasteiger partial charge on any atom is -0.497 e. The molecule has 2 aromatic rings. The van der Waals surface area contributed by atoms with Gasteiger partial charge in [0.1, 0.15) is 11.5 Å². The van der Waals surface area contributed by atoms with E-state index in [1.54, 1.807) is 20.4 Å². The van der Waals surface area contributed by atoms with Gasteiger partial charge >= 0.3 is 0 Å². The molecule has 0 radical (unpaired) electrons. The minimum atomic E-state index is -0.188. The van der Waals surface area contributed by atoms with Gasteiger partial charge in [0.25, 0.3) is 0 Å². The normalized spacial score (nSPS) is 10.6. The molecule has 0 bridgehead atoms. The van der Waals surface area contributed by atoms with E-state index < -0.39 is 0 Å². The molecule has 0 spiro atoms. The molecule has 2 rings (SSSR count). The van der Waals surface area contributed by atoms with Crippen LogP contribution in [0.15, 0.2) is 52.0 Å². The fourth-order valence-electron chi connectivity index (χ4n) is 1.91. The molecule has 0 saturated carbocycles. The van der Waals surface area contributed by atoms with E-state index >= 15 is 0 Å². The van der Waals surface area contributed by atoms with E-state index in [-0.39, 0.29) is 12.3 Å². The molecule has 2 aromatic carbocycles. The maximum atomic E-state index is 11.9. The molecule has 0 aliphatic rings. The van der Waals surface area contributed by atoms with Crippen LogP contribution in [0.4, 0.5) is 0 Å². The van der Waals surface area contributed by atoms with Gasteiger partial charge in [-0.2, -0.15) is 5.10 Å². The third kappa shape index (κ3) is 5.10. The minimum absolute atomic E-state index is 0.188. The highest BCUT2D eigenvalue weighted by molar-refractivity contribution is 9.10. The number of hydrogen-bond donors (Lipinski definition) is 1. The van der Waals surface area contributed by atoms with Crippen molar-refractivity contribution in [1.82, 2.24) is 5.43 Å². The number of ether oxygens (including phenoxy) is 2. The number of rotatable bonds is 6. The second-order valence-corrected chi connectivity index (χ2v) is 5.57. The van der Waals surface area contributed by atoms with Gasteiger partial charge in [-0.3, -0.25) is 4.79 Å². The zero-order chi connectivity index (χ0) is 16.7. The Bertz CT molecular complexity index is 699. The van der Waals surface area contributed by atoms with Crippen molar-refractivity contribution in [1.29, 1.82) is 0 Å². The van der Waals surface area contributed by atoms with Crippen molar-refractivity contribution in [2.75, 3.05) is 14.2 Å². The lowest BCUT2D eigenvalue weighted by Crippen LogP contribution is -2.19. The smallest absolute Gasteiger partial charge is 0.244 e. The van der Waals surface area contributed by atoms with Gasteiger partial charge in [0.15, 0.2) is 0 Å². The number of benzene rings is 2. The Labute approximate surface area is 143 Å². The lowest BCUT2D eigenvalue weighted by molar-refractivity contribution is -0.120. The number of nitrogens with zero attached hydrogens (tertiary/aromatic N) is 1. The van der Waals surface area contributed by atoms with Gasteiger partial charge < -0.3 is 9.47 Å². The molecule has 23 heavy (non-hydrogen) atoms. The van der Waals surface area contributed by atoms with Crippen LogP contribution in [0.1, 0.15) is 11.1 Å². The van der Waals surface area contributed by atoms with E-state index in [0.29, 0.717) is 0 Å². The van der Waals surface area contributed by atoms with Crippen molar-refractivity contribution in [3.8, 4) is 11.5 Å². The molecule has 0 aliphatic heterocycles. The van der Waals surface area contributed by atoms with Crippen molar-refractivity contribution in [2.45, 2.75) is 6.42 Å². The Hall–Kier alpha value is -2.34. The summed E-state index contributed by atoms with van der Waals surface area (Å²) in [6.07, 6.45) is 1.82. The second kappa shape index (κ2) is 8.33. The average molecular weight is 377 g/mol. The molecule has 0 fully saturated rings. The van der Waals surface area contributed by atoms with Gasteiger partial charge in [-0.25, -0.2) is 5.43 Å². The third-order valence-corrected chi connectivity index (χ3v) is 3.72. The number of carbonyl (C=O) groups excluding carboxylic acids is 1. The number of carbonyl (C=O) groups is 1. The Morgan fingerprint density at radius 2 is 1.91 bits per heavy atom. The number of hydrazone groups is 1. The van der Waals surface area contributed by atoms with Crippen LogP contribution in [-0.4, -0.2) is 26.3 Å². The molecule has 120 valence electrons. The number of nitrogens with one attached hydrogen (secondary N) is 1. The van der Waals surface area contributed by atoms with Crippen molar-refractivity contribution in [2.24, 2.45) is 5.10 Å². The summed E-state index contributed by atoms with van der Waals surface area (Å²) in [6, 6.07) is 12.9. The maximum Gasteiger partial charge on any atom is 0.244 e. The summed E-state index contributed by atoms with van der Waals surface area (Å²) in [4.78, 5) is 11.9. The predicted molar refractivity (Wildman–Crippen MR) is 93.1 cm³/mol. The highest BCUT2D eigenvalue weighted by Gasteiger charge is 2.05. The quantitative estimate of drug-likeness (QED) is 0.622. The van der Waals surface area contributed by atoms with Crippen LogP contribution in [0.5, 0.6) is 11.5 Å². The summed E-state index contributed by atoms with van der Waals surface area (Å²) in [7, 11) is 3.21. The Kier molecular flexibility index (Phi) is 6.17. The lowest BCUT2D eigenvalue weighted by Gasteiger charge is -2.05. The summed E-state index contributed by atoms with van der Waals surface area (Å²) in [5.41, 5.74) is 4.25. The first-order valence-corrected chi connectivity index (χ1v) is 7.70. The molecule has 0 aliphatic carbocycles. The zero-order valence-corrected chi connectivity index (χ0v) is 14.5. The fourth-order valence-corrected chi connectivity index (χ4v) is 2.50. The fraction of sp³-hybridized carbons (Fsp3) is 0.176. The van der Waals surface area contributed by atoms with Crippen molar-refractivity contribution < 1.29 is 14.3 Å². The van der Waals surface area contributed by atoms with Gasteiger partial charge in [-0.05, 0) is 63.5 Å². The molecule has 1 amide bonds. The standard InChI is InChI=1S/C17H17BrN2O3/c1-22-14-6-3-12(4-7-14)11-19-20-17(21)10-13-5-8-16(23-2)15(18)9-13/h3-9,11H,10H2,1-2H3,(H,20,21). The van der Waals surface area contributed by atoms with Crippen molar-refractivity contribution >= 4 is 28.1 Å². The zero-order valence-electron chi connectivity index (χ0n) is 12.9. The average Bonchev–Trinajstić information content (AvgIpc) is 2.55. The summed E-state index contributed by atoms with van der Waals surface area (Å²) in [5, 5.41) is 3.95. The summed E-state index contributed by atoms with van der Waals surface area (Å²) >= 11 is 3.40. The monoisotopic (exact) mass is 376 g/mol. The highest BCUT2D eigenvalue weighted by atomic mass is 79.9. The van der Waals surface area contributed by atoms with Crippen LogP contribution in [0.25, 0.3) is 0 Å². The molecular weight excluding hydrogens is 360 g/mol. The Balaban J connectivity index is 1.89. The van der Waals surface area contributed by atoms with E-state index in [9.17, 15) is 4.79 Å². The molecule has 5 nitrogen and oxygen atoms in total. The van der Waals surface area contributed by atoms with Crippen LogP contribution in [0.2, 0.25) is 0 Å². The first-order chi connectivity index (χ1) is 11.1. The SMILES string of the molecule is COc1ccc(C=NNC(=O)Cc2ccc(OC)c(Br)c2)cc1. The van der Waals surface area contributed by atoms with E-state index in [4.69, 9.17) is 9.47 Å². The molecule has 0 heterocycles. The number of amides is 1. The molecular formula is C17H17BrN2O3. The van der Waals surface area contributed by atoms with Gasteiger partial charge in [0, 0.05) is 0 Å². The third-order valence-electron chi connectivity index (χ3n) is 3.10. The molecule has 0 saturated heterocycles. The van der Waals surface area contributed by atoms with Gasteiger partial charge in [0.2, 0.25) is 5.91 Å². The van der Waals surface area contributed by atoms with Crippen LogP contribution >= 0.6 is 15.9 Å². The molecule has 0 unspecified atom stereocenters. The van der Waals surface area contributed by atoms with E-state index in [0.717, 1.165) is 27.1 Å². The number of halogens is 1. The van der Waals surface area contributed by atoms with Crippen LogP contribution in [-0.2, 0) is 11.2 Å². The Morgan fingerprint density at radius 3 is 2.52 bits per heavy atom. The largest absolute Gasteiger partial charge is 0.497 e. The molecule has 0 atom stereocenters. The lowest BCUT2D eigenvalue weighted by atomic mass is 10.1. The van der Waals surface area contributed by atoms with Crippen molar-refractivity contribution in [3.63, 3.8) is 0 Å². The highest BCUT2D eigenvalue weighted by Crippen LogP contribution is 2.25. The van der Waals surface area contributed by atoms with Crippen LogP contribution < -0.4 is 14.9 Å². The summed E-state index contributed by atoms with van der Waals surface area (Å²) in [5.74, 6) is 1.31. The van der Waals surface area contributed by atoms with E-state index in [2.05, 4.69) is 26.5 Å². The van der Waals surface area contributed by atoms with E-state index in [1.165, 1.54) is 0 Å². The van der Waals surface area contributed by atoms with Gasteiger partial charge in [-0.15, -0.1) is 0 Å².